The smallest absolute Gasteiger partial charge is 0.143 e. The molecule has 86 valence electrons. The Kier molecular flexibility index (Phi) is 2.22. The molecule has 3 aromatic rings. The van der Waals surface area contributed by atoms with E-state index in [0.29, 0.717) is 0 Å². The van der Waals surface area contributed by atoms with Gasteiger partial charge in [-0.1, -0.05) is 5.16 Å². The number of rotatable bonds is 1. The van der Waals surface area contributed by atoms with Crippen LogP contribution in [-0.2, 0) is 0 Å². The van der Waals surface area contributed by atoms with E-state index in [1.807, 2.05) is 13.8 Å². The molecule has 0 N–H and O–H groups in total. The van der Waals surface area contributed by atoms with Gasteiger partial charge in [0.05, 0.1) is 17.0 Å². The van der Waals surface area contributed by atoms with Gasteiger partial charge in [0.15, 0.2) is 0 Å². The van der Waals surface area contributed by atoms with Gasteiger partial charge < -0.3 is 4.52 Å². The van der Waals surface area contributed by atoms with Crippen molar-refractivity contribution in [3.8, 4) is 11.3 Å². The van der Waals surface area contributed by atoms with Crippen molar-refractivity contribution in [1.29, 1.82) is 0 Å². The summed E-state index contributed by atoms with van der Waals surface area (Å²) in [6, 6.07) is 0. The van der Waals surface area contributed by atoms with Crippen LogP contribution in [0.4, 0.5) is 0 Å². The van der Waals surface area contributed by atoms with Crippen LogP contribution in [0.5, 0.6) is 0 Å². The third kappa shape index (κ3) is 1.46. The average Bonchev–Trinajstić information content (AvgIpc) is 2.84. The molecule has 0 radical (unpaired) electrons. The SMILES string of the molecule is Cc1noc(C)c1-c1ncnc2scc(C)c12. The van der Waals surface area contributed by atoms with E-state index in [1.54, 1.807) is 17.7 Å². The lowest BCUT2D eigenvalue weighted by atomic mass is 10.1. The van der Waals surface area contributed by atoms with Crippen molar-refractivity contribution in [2.75, 3.05) is 0 Å². The van der Waals surface area contributed by atoms with Gasteiger partial charge in [-0.15, -0.1) is 11.3 Å². The molecular formula is C12H11N3OS. The summed E-state index contributed by atoms with van der Waals surface area (Å²) >= 11 is 1.63. The van der Waals surface area contributed by atoms with Gasteiger partial charge in [-0.25, -0.2) is 9.97 Å². The third-order valence-electron chi connectivity index (χ3n) is 2.82. The highest BCUT2D eigenvalue weighted by Gasteiger charge is 2.17. The van der Waals surface area contributed by atoms with E-state index in [0.717, 1.165) is 32.9 Å². The molecule has 0 unspecified atom stereocenters. The first-order valence-electron chi connectivity index (χ1n) is 5.30. The molecule has 5 heteroatoms. The van der Waals surface area contributed by atoms with Crippen molar-refractivity contribution in [1.82, 2.24) is 15.1 Å². The summed E-state index contributed by atoms with van der Waals surface area (Å²) in [7, 11) is 0. The number of nitrogens with zero attached hydrogens (tertiary/aromatic N) is 3. The number of hydrogen-bond acceptors (Lipinski definition) is 5. The first-order chi connectivity index (χ1) is 8.18. The molecular weight excluding hydrogens is 234 g/mol. The Balaban J connectivity index is 2.42. The zero-order valence-electron chi connectivity index (χ0n) is 9.81. The highest BCUT2D eigenvalue weighted by atomic mass is 32.1. The minimum absolute atomic E-state index is 0.799. The van der Waals surface area contributed by atoms with Crippen molar-refractivity contribution in [3.63, 3.8) is 0 Å². The van der Waals surface area contributed by atoms with Gasteiger partial charge in [-0.3, -0.25) is 0 Å². The molecule has 0 aromatic carbocycles. The minimum atomic E-state index is 0.799. The number of fused-ring (bicyclic) bond motifs is 1. The molecule has 0 saturated carbocycles. The molecule has 0 bridgehead atoms. The molecule has 0 fully saturated rings. The Hall–Kier alpha value is -1.75. The van der Waals surface area contributed by atoms with E-state index in [4.69, 9.17) is 4.52 Å². The van der Waals surface area contributed by atoms with Crippen LogP contribution < -0.4 is 0 Å². The zero-order valence-corrected chi connectivity index (χ0v) is 10.6. The third-order valence-corrected chi connectivity index (χ3v) is 3.83. The fourth-order valence-electron chi connectivity index (χ4n) is 2.03. The zero-order chi connectivity index (χ0) is 12.0. The van der Waals surface area contributed by atoms with Gasteiger partial charge >= 0.3 is 0 Å². The molecule has 17 heavy (non-hydrogen) atoms. The molecule has 3 aromatic heterocycles. The Labute approximate surface area is 102 Å². The molecule has 0 aliphatic heterocycles. The van der Waals surface area contributed by atoms with Crippen LogP contribution in [0.25, 0.3) is 21.5 Å². The predicted molar refractivity (Wildman–Crippen MR) is 67.1 cm³/mol. The standard InChI is InChI=1S/C12H11N3OS/c1-6-4-17-12-9(6)11(13-5-14-12)10-7(2)15-16-8(10)3/h4-5H,1-3H3. The molecule has 3 heterocycles. The maximum Gasteiger partial charge on any atom is 0.143 e. The number of aromatic nitrogens is 3. The van der Waals surface area contributed by atoms with Crippen LogP contribution in [-0.4, -0.2) is 15.1 Å². The molecule has 0 saturated heterocycles. The Morgan fingerprint density at radius 1 is 1.18 bits per heavy atom. The second-order valence-corrected chi connectivity index (χ2v) is 4.88. The van der Waals surface area contributed by atoms with E-state index in [-0.39, 0.29) is 0 Å². The lowest BCUT2D eigenvalue weighted by molar-refractivity contribution is 0.393. The van der Waals surface area contributed by atoms with E-state index in [2.05, 4.69) is 27.4 Å². The van der Waals surface area contributed by atoms with Crippen LogP contribution in [0.15, 0.2) is 16.2 Å². The fourth-order valence-corrected chi connectivity index (χ4v) is 2.92. The van der Waals surface area contributed by atoms with Crippen LogP contribution >= 0.6 is 11.3 Å². The Morgan fingerprint density at radius 2 is 2.00 bits per heavy atom. The van der Waals surface area contributed by atoms with E-state index in [9.17, 15) is 0 Å². The minimum Gasteiger partial charge on any atom is -0.361 e. The number of hydrogen-bond donors (Lipinski definition) is 0. The first kappa shape index (κ1) is 10.4. The van der Waals surface area contributed by atoms with Crippen LogP contribution in [0.2, 0.25) is 0 Å². The lowest BCUT2D eigenvalue weighted by Gasteiger charge is -2.01. The molecule has 0 aliphatic rings. The summed E-state index contributed by atoms with van der Waals surface area (Å²) in [5.41, 5.74) is 3.97. The maximum atomic E-state index is 5.21. The molecule has 0 aliphatic carbocycles. The van der Waals surface area contributed by atoms with Gasteiger partial charge in [-0.2, -0.15) is 0 Å². The first-order valence-corrected chi connectivity index (χ1v) is 6.18. The second kappa shape index (κ2) is 3.63. The summed E-state index contributed by atoms with van der Waals surface area (Å²) < 4.78 is 5.21. The van der Waals surface area contributed by atoms with Crippen LogP contribution in [0, 0.1) is 20.8 Å². The molecule has 3 rings (SSSR count). The lowest BCUT2D eigenvalue weighted by Crippen LogP contribution is -1.89. The number of thiophene rings is 1. The van der Waals surface area contributed by atoms with Crippen LogP contribution in [0.1, 0.15) is 17.0 Å². The summed E-state index contributed by atoms with van der Waals surface area (Å²) in [4.78, 5) is 9.69. The molecule has 4 nitrogen and oxygen atoms in total. The van der Waals surface area contributed by atoms with Gasteiger partial charge in [0.1, 0.15) is 16.9 Å². The van der Waals surface area contributed by atoms with E-state index >= 15 is 0 Å². The highest BCUT2D eigenvalue weighted by molar-refractivity contribution is 7.17. The van der Waals surface area contributed by atoms with Crippen LogP contribution in [0.3, 0.4) is 0 Å². The van der Waals surface area contributed by atoms with Gasteiger partial charge in [0, 0.05) is 5.39 Å². The quantitative estimate of drug-likeness (QED) is 0.660. The largest absolute Gasteiger partial charge is 0.361 e. The van der Waals surface area contributed by atoms with E-state index in [1.165, 1.54) is 5.56 Å². The maximum absolute atomic E-state index is 5.21. The van der Waals surface area contributed by atoms with E-state index < -0.39 is 0 Å². The number of aryl methyl sites for hydroxylation is 3. The molecule has 0 amide bonds. The Morgan fingerprint density at radius 3 is 2.71 bits per heavy atom. The molecule has 0 atom stereocenters. The van der Waals surface area contributed by atoms with Crippen molar-refractivity contribution in [2.24, 2.45) is 0 Å². The monoisotopic (exact) mass is 245 g/mol. The predicted octanol–water partition coefficient (Wildman–Crippen LogP) is 3.27. The topological polar surface area (TPSA) is 51.8 Å². The fraction of sp³-hybridized carbons (Fsp3) is 0.250. The highest BCUT2D eigenvalue weighted by Crippen LogP contribution is 2.34. The van der Waals surface area contributed by atoms with Crippen molar-refractivity contribution >= 4 is 21.6 Å². The summed E-state index contributed by atoms with van der Waals surface area (Å²) in [5.74, 6) is 0.799. The molecule has 0 spiro atoms. The van der Waals surface area contributed by atoms with Crippen molar-refractivity contribution in [3.05, 3.63) is 28.7 Å². The normalized spacial score (nSPS) is 11.2. The van der Waals surface area contributed by atoms with Gasteiger partial charge in [-0.05, 0) is 31.7 Å². The van der Waals surface area contributed by atoms with Gasteiger partial charge in [0.25, 0.3) is 0 Å². The summed E-state index contributed by atoms with van der Waals surface area (Å²) in [6.07, 6.45) is 1.60. The van der Waals surface area contributed by atoms with Gasteiger partial charge in [0.2, 0.25) is 0 Å². The van der Waals surface area contributed by atoms with Crippen molar-refractivity contribution in [2.45, 2.75) is 20.8 Å². The summed E-state index contributed by atoms with van der Waals surface area (Å²) in [6.45, 7) is 5.91. The average molecular weight is 245 g/mol. The van der Waals surface area contributed by atoms with Crippen molar-refractivity contribution < 1.29 is 4.52 Å². The second-order valence-electron chi connectivity index (χ2n) is 4.02. The Bertz CT molecular complexity index is 679. The summed E-state index contributed by atoms with van der Waals surface area (Å²) in [5, 5.41) is 7.18.